The van der Waals surface area contributed by atoms with E-state index in [2.05, 4.69) is 55.6 Å². The van der Waals surface area contributed by atoms with Gasteiger partial charge >= 0.3 is 5.97 Å². The van der Waals surface area contributed by atoms with E-state index >= 15 is 0 Å². The SMILES string of the molecule is Cc1cc(OC[C@H]2CCCN2)cc(C)c1-c1cccc(COc2ccc3c(c2)OCC3CC(=O)O)c1. The standard InChI is InChI=1S/C30H33NO5/c1-19-11-26(35-18-24-7-4-10-31-24)12-20(2)30(19)22-6-3-5-21(13-22)16-34-25-8-9-27-23(14-29(32)33)17-36-28(27)15-25/h3,5-6,8-9,11-13,15,23-24,31H,4,7,10,14,16-18H2,1-2H3,(H,32,33)/t23?,24-/m1/s1. The summed E-state index contributed by atoms with van der Waals surface area (Å²) in [6.07, 6.45) is 2.47. The first-order valence-corrected chi connectivity index (χ1v) is 12.6. The minimum Gasteiger partial charge on any atom is -0.492 e. The van der Waals surface area contributed by atoms with Gasteiger partial charge in [0, 0.05) is 23.6 Å². The molecule has 0 saturated carbocycles. The van der Waals surface area contributed by atoms with Crippen molar-refractivity contribution in [3.8, 4) is 28.4 Å². The molecule has 2 heterocycles. The van der Waals surface area contributed by atoms with E-state index in [1.54, 1.807) is 0 Å². The van der Waals surface area contributed by atoms with Crippen molar-refractivity contribution in [2.24, 2.45) is 0 Å². The summed E-state index contributed by atoms with van der Waals surface area (Å²) in [6, 6.07) is 18.8. The Bertz CT molecular complexity index is 1220. The first-order valence-electron chi connectivity index (χ1n) is 12.6. The maximum atomic E-state index is 11.1. The van der Waals surface area contributed by atoms with Gasteiger partial charge in [0.05, 0.1) is 13.0 Å². The monoisotopic (exact) mass is 487 g/mol. The highest BCUT2D eigenvalue weighted by molar-refractivity contribution is 5.72. The predicted molar refractivity (Wildman–Crippen MR) is 139 cm³/mol. The lowest BCUT2D eigenvalue weighted by atomic mass is 9.94. The molecule has 2 aliphatic heterocycles. The fraction of sp³-hybridized carbons (Fsp3) is 0.367. The number of fused-ring (bicyclic) bond motifs is 1. The normalized spacial score (nSPS) is 18.5. The second-order valence-electron chi connectivity index (χ2n) is 9.83. The molecule has 1 fully saturated rings. The molecule has 1 saturated heterocycles. The van der Waals surface area contributed by atoms with E-state index < -0.39 is 5.97 Å². The third kappa shape index (κ3) is 5.49. The minimum atomic E-state index is -0.814. The number of aliphatic carboxylic acids is 1. The summed E-state index contributed by atoms with van der Waals surface area (Å²) >= 11 is 0. The van der Waals surface area contributed by atoms with Gasteiger partial charge in [-0.15, -0.1) is 0 Å². The highest BCUT2D eigenvalue weighted by Gasteiger charge is 2.26. The maximum absolute atomic E-state index is 11.1. The molecule has 3 aromatic carbocycles. The number of carboxylic acids is 1. The molecule has 6 heteroatoms. The van der Waals surface area contributed by atoms with E-state index in [9.17, 15) is 4.79 Å². The van der Waals surface area contributed by atoms with Gasteiger partial charge in [0.15, 0.2) is 0 Å². The number of carbonyl (C=O) groups is 1. The molecule has 0 radical (unpaired) electrons. The van der Waals surface area contributed by atoms with Crippen LogP contribution in [0.5, 0.6) is 17.2 Å². The second-order valence-corrected chi connectivity index (χ2v) is 9.83. The summed E-state index contributed by atoms with van der Waals surface area (Å²) in [4.78, 5) is 11.1. The molecule has 188 valence electrons. The van der Waals surface area contributed by atoms with Crippen molar-refractivity contribution in [3.63, 3.8) is 0 Å². The van der Waals surface area contributed by atoms with Gasteiger partial charge in [-0.2, -0.15) is 0 Å². The Hall–Kier alpha value is -3.51. The van der Waals surface area contributed by atoms with Gasteiger partial charge < -0.3 is 24.6 Å². The van der Waals surface area contributed by atoms with Crippen molar-refractivity contribution in [1.82, 2.24) is 5.32 Å². The summed E-state index contributed by atoms with van der Waals surface area (Å²) in [5.74, 6) is 1.42. The summed E-state index contributed by atoms with van der Waals surface area (Å²) < 4.78 is 17.9. The maximum Gasteiger partial charge on any atom is 0.304 e. The van der Waals surface area contributed by atoms with Gasteiger partial charge in [-0.25, -0.2) is 0 Å². The van der Waals surface area contributed by atoms with E-state index in [0.29, 0.717) is 37.4 Å². The number of hydrogen-bond acceptors (Lipinski definition) is 5. The van der Waals surface area contributed by atoms with E-state index in [1.165, 1.54) is 29.5 Å². The Labute approximate surface area is 212 Å². The third-order valence-corrected chi connectivity index (χ3v) is 7.03. The molecule has 36 heavy (non-hydrogen) atoms. The van der Waals surface area contributed by atoms with Crippen molar-refractivity contribution in [2.75, 3.05) is 19.8 Å². The molecule has 5 rings (SSSR count). The topological polar surface area (TPSA) is 77.0 Å². The average Bonchev–Trinajstić information content (AvgIpc) is 3.51. The Morgan fingerprint density at radius 2 is 1.89 bits per heavy atom. The highest BCUT2D eigenvalue weighted by atomic mass is 16.5. The van der Waals surface area contributed by atoms with E-state index in [4.69, 9.17) is 19.3 Å². The lowest BCUT2D eigenvalue weighted by Gasteiger charge is -2.17. The first-order chi connectivity index (χ1) is 17.5. The highest BCUT2D eigenvalue weighted by Crippen LogP contribution is 2.38. The summed E-state index contributed by atoms with van der Waals surface area (Å²) in [6.45, 7) is 6.88. The van der Waals surface area contributed by atoms with Crippen LogP contribution in [-0.4, -0.2) is 36.9 Å². The number of carboxylic acid groups (broad SMARTS) is 1. The molecule has 3 aromatic rings. The van der Waals surface area contributed by atoms with Crippen LogP contribution in [0.25, 0.3) is 11.1 Å². The fourth-order valence-corrected chi connectivity index (χ4v) is 5.27. The van der Waals surface area contributed by atoms with Gasteiger partial charge in [-0.1, -0.05) is 24.3 Å². The zero-order valence-corrected chi connectivity index (χ0v) is 20.9. The molecule has 2 N–H and O–H groups in total. The summed E-state index contributed by atoms with van der Waals surface area (Å²) in [5.41, 5.74) is 6.76. The van der Waals surface area contributed by atoms with Crippen LogP contribution >= 0.6 is 0 Å². The Morgan fingerprint density at radius 1 is 1.06 bits per heavy atom. The molecule has 0 aliphatic carbocycles. The molecule has 0 spiro atoms. The molecule has 0 amide bonds. The number of benzene rings is 3. The molecule has 0 aromatic heterocycles. The van der Waals surface area contributed by atoms with Crippen LogP contribution in [0.1, 0.15) is 47.4 Å². The van der Waals surface area contributed by atoms with Crippen molar-refractivity contribution < 1.29 is 24.1 Å². The van der Waals surface area contributed by atoms with Crippen LogP contribution in [-0.2, 0) is 11.4 Å². The van der Waals surface area contributed by atoms with Gasteiger partial charge in [0.1, 0.15) is 30.5 Å². The molecule has 1 unspecified atom stereocenters. The second kappa shape index (κ2) is 10.6. The largest absolute Gasteiger partial charge is 0.492 e. The lowest BCUT2D eigenvalue weighted by Crippen LogP contribution is -2.28. The van der Waals surface area contributed by atoms with Crippen LogP contribution in [0.2, 0.25) is 0 Å². The van der Waals surface area contributed by atoms with Crippen LogP contribution < -0.4 is 19.5 Å². The Morgan fingerprint density at radius 3 is 2.64 bits per heavy atom. The predicted octanol–water partition coefficient (Wildman–Crippen LogP) is 5.63. The quantitative estimate of drug-likeness (QED) is 0.407. The van der Waals surface area contributed by atoms with Crippen LogP contribution in [0.15, 0.2) is 54.6 Å². The number of hydrogen-bond donors (Lipinski definition) is 2. The minimum absolute atomic E-state index is 0.0731. The number of ether oxygens (including phenoxy) is 3. The smallest absolute Gasteiger partial charge is 0.304 e. The van der Waals surface area contributed by atoms with Crippen molar-refractivity contribution >= 4 is 5.97 Å². The summed E-state index contributed by atoms with van der Waals surface area (Å²) in [5, 5.41) is 12.6. The number of aryl methyl sites for hydroxylation is 2. The van der Waals surface area contributed by atoms with E-state index in [1.807, 2.05) is 18.2 Å². The summed E-state index contributed by atoms with van der Waals surface area (Å²) in [7, 11) is 0. The van der Waals surface area contributed by atoms with Crippen LogP contribution in [0, 0.1) is 13.8 Å². The average molecular weight is 488 g/mol. The number of rotatable bonds is 9. The molecule has 2 atom stereocenters. The molecular formula is C30H33NO5. The first kappa shape index (κ1) is 24.2. The van der Waals surface area contributed by atoms with Crippen molar-refractivity contribution in [3.05, 3.63) is 76.9 Å². The zero-order chi connectivity index (χ0) is 25.1. The van der Waals surface area contributed by atoms with Crippen LogP contribution in [0.4, 0.5) is 0 Å². The lowest BCUT2D eigenvalue weighted by molar-refractivity contribution is -0.137. The number of nitrogens with one attached hydrogen (secondary N) is 1. The molecule has 2 aliphatic rings. The molecule has 6 nitrogen and oxygen atoms in total. The van der Waals surface area contributed by atoms with Crippen molar-refractivity contribution in [2.45, 2.75) is 51.7 Å². The molecular weight excluding hydrogens is 454 g/mol. The molecule has 0 bridgehead atoms. The van der Waals surface area contributed by atoms with Crippen molar-refractivity contribution in [1.29, 1.82) is 0 Å². The van der Waals surface area contributed by atoms with Gasteiger partial charge in [0.2, 0.25) is 0 Å². The van der Waals surface area contributed by atoms with E-state index in [-0.39, 0.29) is 12.3 Å². The zero-order valence-electron chi connectivity index (χ0n) is 20.9. The Balaban J connectivity index is 1.25. The van der Waals surface area contributed by atoms with Gasteiger partial charge in [0.25, 0.3) is 0 Å². The van der Waals surface area contributed by atoms with Gasteiger partial charge in [-0.05, 0) is 85.3 Å². The Kier molecular flexibility index (Phi) is 7.14. The third-order valence-electron chi connectivity index (χ3n) is 7.03. The fourth-order valence-electron chi connectivity index (χ4n) is 5.27. The van der Waals surface area contributed by atoms with Gasteiger partial charge in [-0.3, -0.25) is 4.79 Å². The van der Waals surface area contributed by atoms with E-state index in [0.717, 1.165) is 29.0 Å². The van der Waals surface area contributed by atoms with Crippen LogP contribution in [0.3, 0.4) is 0 Å².